The molecule has 0 aliphatic heterocycles. The molecule has 3 rings (SSSR count). The van der Waals surface area contributed by atoms with Crippen molar-refractivity contribution in [1.82, 2.24) is 20.1 Å². The summed E-state index contributed by atoms with van der Waals surface area (Å²) in [6, 6.07) is 10.3. The highest BCUT2D eigenvalue weighted by Crippen LogP contribution is 2.32. The molecule has 1 saturated carbocycles. The van der Waals surface area contributed by atoms with Crippen molar-refractivity contribution < 1.29 is 4.79 Å². The zero-order chi connectivity index (χ0) is 16.2. The zero-order valence-corrected chi connectivity index (χ0v) is 13.6. The van der Waals surface area contributed by atoms with Gasteiger partial charge < -0.3 is 5.32 Å². The summed E-state index contributed by atoms with van der Waals surface area (Å²) in [4.78, 5) is 16.5. The van der Waals surface area contributed by atoms with Gasteiger partial charge in [-0.2, -0.15) is 4.98 Å². The molecule has 0 bridgehead atoms. The predicted molar refractivity (Wildman–Crippen MR) is 89.3 cm³/mol. The molecular weight excluding hydrogens is 290 g/mol. The third-order valence-electron chi connectivity index (χ3n) is 4.52. The van der Waals surface area contributed by atoms with Crippen molar-refractivity contribution in [3.63, 3.8) is 0 Å². The van der Waals surface area contributed by atoms with Crippen LogP contribution >= 0.6 is 0 Å². The van der Waals surface area contributed by atoms with E-state index in [1.165, 1.54) is 12.0 Å². The normalized spacial score (nSPS) is 21.0. The molecule has 2 N–H and O–H groups in total. The molecule has 0 spiro atoms. The molecule has 2 amide bonds. The molecule has 6 heteroatoms. The van der Waals surface area contributed by atoms with Gasteiger partial charge in [-0.3, -0.25) is 10.00 Å². The number of benzene rings is 1. The first-order chi connectivity index (χ1) is 11.1. The van der Waals surface area contributed by atoms with E-state index < -0.39 is 0 Å². The van der Waals surface area contributed by atoms with Crippen LogP contribution in [0.5, 0.6) is 0 Å². The van der Waals surface area contributed by atoms with Gasteiger partial charge in [0.25, 0.3) is 0 Å². The standard InChI is InChI=1S/C17H23N5O/c1-12-18-16(21-22(12)2)20-17(23)19-15-11-7-6-10-14(15)13-8-4-3-5-9-13/h3-5,8-9,14-15H,6-7,10-11H2,1-2H3,(H2,19,20,21,23)/t14-,15+/m0/s1. The molecule has 0 saturated heterocycles. The molecule has 1 aromatic heterocycles. The number of amides is 2. The van der Waals surface area contributed by atoms with Crippen molar-refractivity contribution in [3.8, 4) is 0 Å². The van der Waals surface area contributed by atoms with E-state index in [9.17, 15) is 4.79 Å². The van der Waals surface area contributed by atoms with Gasteiger partial charge in [0.15, 0.2) is 0 Å². The maximum atomic E-state index is 12.3. The summed E-state index contributed by atoms with van der Waals surface area (Å²) in [5, 5.41) is 9.99. The fourth-order valence-electron chi connectivity index (χ4n) is 3.22. The fourth-order valence-corrected chi connectivity index (χ4v) is 3.22. The van der Waals surface area contributed by atoms with Crippen LogP contribution in [0.4, 0.5) is 10.7 Å². The van der Waals surface area contributed by atoms with Crippen LogP contribution in [0.1, 0.15) is 43.0 Å². The van der Waals surface area contributed by atoms with Gasteiger partial charge in [0.05, 0.1) is 0 Å². The van der Waals surface area contributed by atoms with Crippen molar-refractivity contribution >= 4 is 12.0 Å². The zero-order valence-electron chi connectivity index (χ0n) is 13.6. The Labute approximate surface area is 136 Å². The Hall–Kier alpha value is -2.37. The Balaban J connectivity index is 1.65. The molecule has 122 valence electrons. The summed E-state index contributed by atoms with van der Waals surface area (Å²) in [7, 11) is 1.80. The summed E-state index contributed by atoms with van der Waals surface area (Å²) in [5.74, 6) is 1.48. The smallest absolute Gasteiger partial charge is 0.321 e. The summed E-state index contributed by atoms with van der Waals surface area (Å²) in [6.45, 7) is 1.85. The molecule has 0 radical (unpaired) electrons. The van der Waals surface area contributed by atoms with E-state index in [1.807, 2.05) is 13.0 Å². The minimum Gasteiger partial charge on any atom is -0.334 e. The van der Waals surface area contributed by atoms with Crippen LogP contribution in [0.25, 0.3) is 0 Å². The second kappa shape index (κ2) is 6.81. The lowest BCUT2D eigenvalue weighted by atomic mass is 9.80. The molecular formula is C17H23N5O. The lowest BCUT2D eigenvalue weighted by Gasteiger charge is -2.32. The highest BCUT2D eigenvalue weighted by molar-refractivity contribution is 5.87. The topological polar surface area (TPSA) is 71.8 Å². The van der Waals surface area contributed by atoms with Gasteiger partial charge in [-0.1, -0.05) is 43.2 Å². The number of anilines is 1. The van der Waals surface area contributed by atoms with Gasteiger partial charge in [0.2, 0.25) is 5.95 Å². The van der Waals surface area contributed by atoms with E-state index in [-0.39, 0.29) is 12.1 Å². The molecule has 1 aliphatic carbocycles. The van der Waals surface area contributed by atoms with Crippen LogP contribution in [0.2, 0.25) is 0 Å². The molecule has 23 heavy (non-hydrogen) atoms. The Morgan fingerprint density at radius 2 is 1.96 bits per heavy atom. The quantitative estimate of drug-likeness (QED) is 0.915. The van der Waals surface area contributed by atoms with E-state index in [1.54, 1.807) is 11.7 Å². The number of hydrogen-bond acceptors (Lipinski definition) is 3. The summed E-state index contributed by atoms with van der Waals surface area (Å²) < 4.78 is 1.64. The third kappa shape index (κ3) is 3.70. The Morgan fingerprint density at radius 1 is 1.22 bits per heavy atom. The van der Waals surface area contributed by atoms with Gasteiger partial charge in [-0.05, 0) is 25.3 Å². The van der Waals surface area contributed by atoms with Crippen LogP contribution in [-0.2, 0) is 7.05 Å². The number of carbonyl (C=O) groups excluding carboxylic acids is 1. The number of nitrogens with zero attached hydrogens (tertiary/aromatic N) is 3. The Kier molecular flexibility index (Phi) is 4.60. The van der Waals surface area contributed by atoms with Gasteiger partial charge in [0, 0.05) is 19.0 Å². The van der Waals surface area contributed by atoms with Crippen molar-refractivity contribution in [2.75, 3.05) is 5.32 Å². The van der Waals surface area contributed by atoms with E-state index in [0.29, 0.717) is 11.9 Å². The van der Waals surface area contributed by atoms with Crippen LogP contribution in [0.15, 0.2) is 30.3 Å². The molecule has 2 aromatic rings. The van der Waals surface area contributed by atoms with Gasteiger partial charge >= 0.3 is 6.03 Å². The van der Waals surface area contributed by atoms with E-state index in [0.717, 1.165) is 25.1 Å². The third-order valence-corrected chi connectivity index (χ3v) is 4.52. The molecule has 0 unspecified atom stereocenters. The van der Waals surface area contributed by atoms with Crippen LogP contribution in [0, 0.1) is 6.92 Å². The van der Waals surface area contributed by atoms with Gasteiger partial charge in [0.1, 0.15) is 5.82 Å². The molecule has 6 nitrogen and oxygen atoms in total. The van der Waals surface area contributed by atoms with Gasteiger partial charge in [-0.15, -0.1) is 5.10 Å². The second-order valence-corrected chi connectivity index (χ2v) is 6.11. The van der Waals surface area contributed by atoms with Crippen LogP contribution in [-0.4, -0.2) is 26.8 Å². The second-order valence-electron chi connectivity index (χ2n) is 6.11. The van der Waals surface area contributed by atoms with E-state index >= 15 is 0 Å². The summed E-state index contributed by atoms with van der Waals surface area (Å²) >= 11 is 0. The number of aromatic nitrogens is 3. The SMILES string of the molecule is Cc1nc(NC(=O)N[C@@H]2CCCC[C@H]2c2ccccc2)nn1C. The van der Waals surface area contributed by atoms with Crippen molar-refractivity contribution in [1.29, 1.82) is 0 Å². The summed E-state index contributed by atoms with van der Waals surface area (Å²) in [5.41, 5.74) is 1.30. The summed E-state index contributed by atoms with van der Waals surface area (Å²) in [6.07, 6.45) is 4.47. The predicted octanol–water partition coefficient (Wildman–Crippen LogP) is 2.97. The van der Waals surface area contributed by atoms with Crippen molar-refractivity contribution in [2.24, 2.45) is 7.05 Å². The van der Waals surface area contributed by atoms with Crippen molar-refractivity contribution in [2.45, 2.75) is 44.6 Å². The average molecular weight is 313 g/mol. The Bertz CT molecular complexity index is 647. The molecule has 1 aliphatic rings. The number of urea groups is 1. The lowest BCUT2D eigenvalue weighted by Crippen LogP contribution is -2.43. The highest BCUT2D eigenvalue weighted by Gasteiger charge is 2.27. The van der Waals surface area contributed by atoms with Crippen molar-refractivity contribution in [3.05, 3.63) is 41.7 Å². The maximum Gasteiger partial charge on any atom is 0.321 e. The van der Waals surface area contributed by atoms with Crippen LogP contribution in [0.3, 0.4) is 0 Å². The number of rotatable bonds is 3. The minimum atomic E-state index is -0.233. The van der Waals surface area contributed by atoms with E-state index in [4.69, 9.17) is 0 Å². The average Bonchev–Trinajstić information content (AvgIpc) is 2.86. The number of nitrogens with one attached hydrogen (secondary N) is 2. The first kappa shape index (κ1) is 15.5. The molecule has 1 heterocycles. The van der Waals surface area contributed by atoms with Gasteiger partial charge in [-0.25, -0.2) is 4.79 Å². The minimum absolute atomic E-state index is 0.149. The highest BCUT2D eigenvalue weighted by atomic mass is 16.2. The first-order valence-electron chi connectivity index (χ1n) is 8.13. The van der Waals surface area contributed by atoms with Crippen LogP contribution < -0.4 is 10.6 Å². The largest absolute Gasteiger partial charge is 0.334 e. The molecule has 1 aromatic carbocycles. The van der Waals surface area contributed by atoms with E-state index in [2.05, 4.69) is 45.0 Å². The molecule has 2 atom stereocenters. The monoisotopic (exact) mass is 313 g/mol. The number of aryl methyl sites for hydroxylation is 2. The number of hydrogen-bond donors (Lipinski definition) is 2. The first-order valence-corrected chi connectivity index (χ1v) is 8.13. The fraction of sp³-hybridized carbons (Fsp3) is 0.471. The lowest BCUT2D eigenvalue weighted by molar-refractivity contribution is 0.240. The molecule has 1 fully saturated rings. The Morgan fingerprint density at radius 3 is 2.65 bits per heavy atom. The maximum absolute atomic E-state index is 12.3. The number of carbonyl (C=O) groups is 1.